The number of nitrogens with one attached hydrogen (secondary N) is 1. The van der Waals surface area contributed by atoms with Gasteiger partial charge in [0.1, 0.15) is 17.2 Å². The molecule has 0 bridgehead atoms. The normalized spacial score (nSPS) is 16.7. The zero-order valence-corrected chi connectivity index (χ0v) is 25.4. The number of amides is 2. The fourth-order valence-electron chi connectivity index (χ4n) is 6.37. The lowest BCUT2D eigenvalue weighted by molar-refractivity contribution is -0.137. The van der Waals surface area contributed by atoms with Crippen LogP contribution >= 0.6 is 0 Å². The molecule has 0 unspecified atom stereocenters. The van der Waals surface area contributed by atoms with Gasteiger partial charge in [-0.15, -0.1) is 0 Å². The second kappa shape index (κ2) is 13.5. The van der Waals surface area contributed by atoms with Crippen molar-refractivity contribution in [2.45, 2.75) is 76.9 Å². The topological polar surface area (TPSA) is 99.1 Å². The molecule has 1 heterocycles. The van der Waals surface area contributed by atoms with Gasteiger partial charge in [-0.2, -0.15) is 0 Å². The Morgan fingerprint density at radius 3 is 2.27 bits per heavy atom. The largest absolute Gasteiger partial charge is 0.481 e. The van der Waals surface area contributed by atoms with Crippen molar-refractivity contribution in [3.8, 4) is 11.1 Å². The lowest BCUT2D eigenvalue weighted by atomic mass is 9.85. The molecule has 0 saturated heterocycles. The summed E-state index contributed by atoms with van der Waals surface area (Å²) < 4.78 is 13.6. The molecule has 3 aromatic rings. The zero-order valence-electron chi connectivity index (χ0n) is 25.4. The maximum Gasteiger partial charge on any atom is 0.305 e. The number of benzene rings is 3. The van der Waals surface area contributed by atoms with Crippen LogP contribution in [0.3, 0.4) is 0 Å². The van der Waals surface area contributed by atoms with Crippen molar-refractivity contribution >= 4 is 23.5 Å². The van der Waals surface area contributed by atoms with Gasteiger partial charge in [0.25, 0.3) is 11.8 Å². The third kappa shape index (κ3) is 6.90. The van der Waals surface area contributed by atoms with Gasteiger partial charge in [-0.3, -0.25) is 19.4 Å². The van der Waals surface area contributed by atoms with Gasteiger partial charge in [0.05, 0.1) is 12.5 Å². The van der Waals surface area contributed by atoms with E-state index in [0.717, 1.165) is 67.2 Å². The van der Waals surface area contributed by atoms with Gasteiger partial charge >= 0.3 is 5.97 Å². The number of aliphatic imine (C=N–C) groups is 1. The van der Waals surface area contributed by atoms with Crippen LogP contribution in [0.15, 0.2) is 77.8 Å². The molecular formula is C36H40FN3O4. The Hall–Kier alpha value is -4.33. The van der Waals surface area contributed by atoms with Crippen LogP contribution in [-0.4, -0.2) is 45.7 Å². The summed E-state index contributed by atoms with van der Waals surface area (Å²) in [5, 5.41) is 11.5. The standard InChI is InChI=1S/C36H40FN3O4/c1-24(2)9-18-31(26-10-12-27(13-11-26)34(43)38-22-19-32(41)42)40-35(44)33(39-36(40)20-4-3-5-21-36)29-8-6-7-28(23-29)25-14-16-30(37)17-15-25/h6-8,10-17,23-24,31H,3-5,9,18-22H2,1-2H3,(H,38,43)(H,41,42)/t31-/m1/s1. The van der Waals surface area contributed by atoms with E-state index in [9.17, 15) is 18.8 Å². The maximum atomic E-state index is 14.5. The van der Waals surface area contributed by atoms with Gasteiger partial charge in [0.15, 0.2) is 0 Å². The number of rotatable bonds is 11. The average molecular weight is 598 g/mol. The Bertz CT molecular complexity index is 1530. The highest BCUT2D eigenvalue weighted by molar-refractivity contribution is 6.47. The molecule has 1 aliphatic heterocycles. The molecule has 1 aliphatic carbocycles. The molecule has 2 N–H and O–H groups in total. The van der Waals surface area contributed by atoms with Crippen LogP contribution in [0, 0.1) is 11.7 Å². The lowest BCUT2D eigenvalue weighted by Crippen LogP contribution is -2.50. The molecule has 1 saturated carbocycles. The van der Waals surface area contributed by atoms with E-state index in [0.29, 0.717) is 17.2 Å². The molecule has 230 valence electrons. The first-order valence-electron chi connectivity index (χ1n) is 15.6. The number of nitrogens with zero attached hydrogens (tertiary/aromatic N) is 2. The minimum absolute atomic E-state index is 0.0558. The minimum atomic E-state index is -0.968. The van der Waals surface area contributed by atoms with E-state index >= 15 is 0 Å². The van der Waals surface area contributed by atoms with E-state index in [-0.39, 0.29) is 36.6 Å². The molecule has 0 radical (unpaired) electrons. The Labute approximate surface area is 258 Å². The van der Waals surface area contributed by atoms with Gasteiger partial charge in [-0.1, -0.05) is 62.7 Å². The first-order valence-corrected chi connectivity index (χ1v) is 15.6. The van der Waals surface area contributed by atoms with Gasteiger partial charge in [0.2, 0.25) is 0 Å². The third-order valence-corrected chi connectivity index (χ3v) is 8.67. The molecule has 7 nitrogen and oxygen atoms in total. The fraction of sp³-hybridized carbons (Fsp3) is 0.389. The molecule has 2 amide bonds. The summed E-state index contributed by atoms with van der Waals surface area (Å²) >= 11 is 0. The number of carbonyl (C=O) groups excluding carboxylic acids is 2. The van der Waals surface area contributed by atoms with Crippen molar-refractivity contribution in [3.05, 3.63) is 95.3 Å². The lowest BCUT2D eigenvalue weighted by Gasteiger charge is -2.44. The van der Waals surface area contributed by atoms with Crippen LogP contribution in [0.4, 0.5) is 4.39 Å². The molecule has 1 atom stereocenters. The van der Waals surface area contributed by atoms with Crippen molar-refractivity contribution in [3.63, 3.8) is 0 Å². The highest BCUT2D eigenvalue weighted by atomic mass is 19.1. The summed E-state index contributed by atoms with van der Waals surface area (Å²) in [7, 11) is 0. The molecule has 1 spiro atoms. The second-order valence-corrected chi connectivity index (χ2v) is 12.3. The number of carboxylic acids is 1. The number of aliphatic carboxylic acids is 1. The first-order chi connectivity index (χ1) is 21.2. The predicted molar refractivity (Wildman–Crippen MR) is 169 cm³/mol. The summed E-state index contributed by atoms with van der Waals surface area (Å²) in [5.41, 5.74) is 3.72. The number of hydrogen-bond donors (Lipinski definition) is 2. The minimum Gasteiger partial charge on any atom is -0.481 e. The van der Waals surface area contributed by atoms with Crippen LogP contribution < -0.4 is 5.32 Å². The van der Waals surface area contributed by atoms with Crippen LogP contribution in [-0.2, 0) is 9.59 Å². The van der Waals surface area contributed by atoms with E-state index in [1.54, 1.807) is 24.3 Å². The number of carbonyl (C=O) groups is 3. The van der Waals surface area contributed by atoms with Crippen molar-refractivity contribution in [2.75, 3.05) is 6.54 Å². The smallest absolute Gasteiger partial charge is 0.305 e. The maximum absolute atomic E-state index is 14.5. The highest BCUT2D eigenvalue weighted by Gasteiger charge is 2.50. The zero-order chi connectivity index (χ0) is 31.3. The van der Waals surface area contributed by atoms with Crippen molar-refractivity contribution in [1.82, 2.24) is 10.2 Å². The van der Waals surface area contributed by atoms with E-state index in [4.69, 9.17) is 10.1 Å². The molecule has 8 heteroatoms. The number of carboxylic acid groups (broad SMARTS) is 1. The molecule has 2 aliphatic rings. The monoisotopic (exact) mass is 597 g/mol. The van der Waals surface area contributed by atoms with Gasteiger partial charge in [-0.05, 0) is 91.5 Å². The molecule has 5 rings (SSSR count). The van der Waals surface area contributed by atoms with Crippen LogP contribution in [0.5, 0.6) is 0 Å². The van der Waals surface area contributed by atoms with E-state index in [1.165, 1.54) is 12.1 Å². The summed E-state index contributed by atoms with van der Waals surface area (Å²) in [5.74, 6) is -1.25. The van der Waals surface area contributed by atoms with Gasteiger partial charge in [0, 0.05) is 17.7 Å². The summed E-state index contributed by atoms with van der Waals surface area (Å²) in [6.07, 6.45) is 6.20. The van der Waals surface area contributed by atoms with Crippen LogP contribution in [0.2, 0.25) is 0 Å². The Balaban J connectivity index is 1.48. The number of halogens is 1. The van der Waals surface area contributed by atoms with Gasteiger partial charge in [-0.25, -0.2) is 4.39 Å². The molecule has 44 heavy (non-hydrogen) atoms. The van der Waals surface area contributed by atoms with E-state index in [2.05, 4.69) is 19.2 Å². The Kier molecular flexibility index (Phi) is 9.57. The van der Waals surface area contributed by atoms with E-state index in [1.807, 2.05) is 41.3 Å². The SMILES string of the molecule is CC(C)CC[C@H](c1ccc(C(=O)NCCC(=O)O)cc1)N1C(=O)C(c2cccc(-c3ccc(F)cc3)c2)=NC12CCCCC2. The molecule has 3 aromatic carbocycles. The van der Waals surface area contributed by atoms with Gasteiger partial charge < -0.3 is 15.3 Å². The average Bonchev–Trinajstić information content (AvgIpc) is 3.28. The Morgan fingerprint density at radius 2 is 1.61 bits per heavy atom. The summed E-state index contributed by atoms with van der Waals surface area (Å²) in [6.45, 7) is 4.40. The van der Waals surface area contributed by atoms with Crippen LogP contribution in [0.1, 0.15) is 92.7 Å². The first kappa shape index (κ1) is 31.1. The highest BCUT2D eigenvalue weighted by Crippen LogP contribution is 2.46. The summed E-state index contributed by atoms with van der Waals surface area (Å²) in [6, 6.07) is 21.2. The molecule has 1 fully saturated rings. The van der Waals surface area contributed by atoms with Crippen molar-refractivity contribution in [1.29, 1.82) is 0 Å². The predicted octanol–water partition coefficient (Wildman–Crippen LogP) is 7.17. The quantitative estimate of drug-likeness (QED) is 0.245. The fourth-order valence-corrected chi connectivity index (χ4v) is 6.37. The second-order valence-electron chi connectivity index (χ2n) is 12.3. The third-order valence-electron chi connectivity index (χ3n) is 8.67. The summed E-state index contributed by atoms with van der Waals surface area (Å²) in [4.78, 5) is 45.2. The van der Waals surface area contributed by atoms with E-state index < -0.39 is 11.6 Å². The Morgan fingerprint density at radius 1 is 0.932 bits per heavy atom. The van der Waals surface area contributed by atoms with Crippen LogP contribution in [0.25, 0.3) is 11.1 Å². The van der Waals surface area contributed by atoms with Crippen molar-refractivity contribution in [2.24, 2.45) is 10.9 Å². The molecule has 0 aromatic heterocycles. The number of hydrogen-bond acceptors (Lipinski definition) is 4. The molecular weight excluding hydrogens is 557 g/mol. The van der Waals surface area contributed by atoms with Crippen molar-refractivity contribution < 1.29 is 23.9 Å².